The van der Waals surface area contributed by atoms with Crippen LogP contribution in [0, 0.1) is 0 Å². The van der Waals surface area contributed by atoms with E-state index in [4.69, 9.17) is 9.47 Å². The first-order valence-electron chi connectivity index (χ1n) is 10.0. The Balaban J connectivity index is 1.64. The van der Waals surface area contributed by atoms with Crippen LogP contribution in [0.3, 0.4) is 0 Å². The van der Waals surface area contributed by atoms with Crippen LogP contribution in [0.1, 0.15) is 24.5 Å². The van der Waals surface area contributed by atoms with E-state index in [2.05, 4.69) is 0 Å². The maximum atomic E-state index is 12.8. The number of ether oxygens (including phenoxy) is 2. The lowest BCUT2D eigenvalue weighted by molar-refractivity contribution is -0.130. The predicted octanol–water partition coefficient (Wildman–Crippen LogP) is 2.71. The average Bonchev–Trinajstić information content (AvgIpc) is 2.78. The third kappa shape index (κ3) is 4.78. The van der Waals surface area contributed by atoms with Crippen LogP contribution >= 0.6 is 11.8 Å². The van der Waals surface area contributed by atoms with Crippen LogP contribution in [-0.2, 0) is 36.7 Å². The number of allylic oxidation sites excluding steroid dienone is 2. The van der Waals surface area contributed by atoms with Crippen molar-refractivity contribution in [2.45, 2.75) is 26.2 Å². The number of amides is 1. The first-order chi connectivity index (χ1) is 14.5. The van der Waals surface area contributed by atoms with Crippen LogP contribution in [0.15, 0.2) is 46.9 Å². The molecule has 1 heterocycles. The summed E-state index contributed by atoms with van der Waals surface area (Å²) in [6.07, 6.45) is 1.53. The molecule has 0 unspecified atom stereocenters. The van der Waals surface area contributed by atoms with Gasteiger partial charge >= 0.3 is 0 Å². The van der Waals surface area contributed by atoms with Gasteiger partial charge in [0.15, 0.2) is 0 Å². The van der Waals surface area contributed by atoms with E-state index in [1.54, 1.807) is 6.92 Å². The van der Waals surface area contributed by atoms with Gasteiger partial charge in [-0.25, -0.2) is 0 Å². The fourth-order valence-electron chi connectivity index (χ4n) is 3.65. The van der Waals surface area contributed by atoms with Gasteiger partial charge in [0.1, 0.15) is 0 Å². The zero-order valence-electron chi connectivity index (χ0n) is 17.7. The van der Waals surface area contributed by atoms with Gasteiger partial charge in [0.05, 0.1) is 14.2 Å². The maximum absolute atomic E-state index is 12.8. The zero-order valence-corrected chi connectivity index (χ0v) is 18.5. The fourth-order valence-corrected chi connectivity index (χ4v) is 4.56. The van der Waals surface area contributed by atoms with E-state index >= 15 is 0 Å². The molecule has 1 aliphatic heterocycles. The van der Waals surface area contributed by atoms with E-state index in [1.165, 1.54) is 14.2 Å². The summed E-state index contributed by atoms with van der Waals surface area (Å²) in [6.45, 7) is 3.32. The Morgan fingerprint density at radius 2 is 1.53 bits per heavy atom. The highest BCUT2D eigenvalue weighted by molar-refractivity contribution is 7.99. The molecule has 0 aromatic heterocycles. The van der Waals surface area contributed by atoms with Crippen LogP contribution in [0.5, 0.6) is 0 Å². The van der Waals surface area contributed by atoms with Crippen molar-refractivity contribution in [1.29, 1.82) is 0 Å². The normalized spacial score (nSPS) is 17.5. The standard InChI is InChI=1S/C23H27NO5S/c1-15-18(21(27)23(29-3)22(28-2)20(15)26)14-17-6-4-16(5-7-17)8-9-19(25)24-10-12-30-13-11-24/h4-7H,8-14H2,1-3H3. The molecule has 1 amide bonds. The first kappa shape index (κ1) is 22.2. The van der Waals surface area contributed by atoms with E-state index in [9.17, 15) is 14.4 Å². The van der Waals surface area contributed by atoms with Crippen molar-refractivity contribution in [2.24, 2.45) is 0 Å². The van der Waals surface area contributed by atoms with E-state index < -0.39 is 0 Å². The summed E-state index contributed by atoms with van der Waals surface area (Å²) in [5, 5.41) is 0. The Bertz CT molecular complexity index is 895. The number of rotatable bonds is 7. The van der Waals surface area contributed by atoms with E-state index in [0.29, 0.717) is 30.4 Å². The number of carbonyl (C=O) groups excluding carboxylic acids is 3. The number of Topliss-reactive ketones (excluding diaryl/α,β-unsaturated/α-hetero) is 2. The Hall–Kier alpha value is -2.54. The molecule has 1 aliphatic carbocycles. The third-order valence-electron chi connectivity index (χ3n) is 5.49. The summed E-state index contributed by atoms with van der Waals surface area (Å²) in [4.78, 5) is 39.5. The van der Waals surface area contributed by atoms with Gasteiger partial charge in [-0.2, -0.15) is 11.8 Å². The number of benzene rings is 1. The summed E-state index contributed by atoms with van der Waals surface area (Å²) < 4.78 is 10.2. The van der Waals surface area contributed by atoms with Crippen LogP contribution < -0.4 is 0 Å². The number of ketones is 2. The molecule has 0 radical (unpaired) electrons. The topological polar surface area (TPSA) is 72.9 Å². The molecule has 0 bridgehead atoms. The molecule has 0 N–H and O–H groups in total. The molecule has 1 fully saturated rings. The molecule has 7 heteroatoms. The molecule has 1 aromatic rings. The second-order valence-electron chi connectivity index (χ2n) is 7.31. The first-order valence-corrected chi connectivity index (χ1v) is 11.2. The highest BCUT2D eigenvalue weighted by Crippen LogP contribution is 2.28. The summed E-state index contributed by atoms with van der Waals surface area (Å²) >= 11 is 1.89. The largest absolute Gasteiger partial charge is 0.489 e. The summed E-state index contributed by atoms with van der Waals surface area (Å²) in [5.74, 6) is 1.51. The second kappa shape index (κ2) is 9.98. The van der Waals surface area contributed by atoms with Crippen molar-refractivity contribution in [3.8, 4) is 0 Å². The second-order valence-corrected chi connectivity index (χ2v) is 8.54. The number of thioether (sulfide) groups is 1. The lowest BCUT2D eigenvalue weighted by Gasteiger charge is -2.26. The number of hydrogen-bond donors (Lipinski definition) is 0. The molecule has 160 valence electrons. The van der Waals surface area contributed by atoms with Gasteiger partial charge in [0, 0.05) is 48.6 Å². The van der Waals surface area contributed by atoms with E-state index in [-0.39, 0.29) is 29.0 Å². The molecule has 1 aromatic carbocycles. The molecule has 6 nitrogen and oxygen atoms in total. The van der Waals surface area contributed by atoms with E-state index in [0.717, 1.165) is 35.7 Å². The average molecular weight is 430 g/mol. The van der Waals surface area contributed by atoms with Gasteiger partial charge in [-0.1, -0.05) is 24.3 Å². The van der Waals surface area contributed by atoms with Gasteiger partial charge in [0.2, 0.25) is 29.0 Å². The highest BCUT2D eigenvalue weighted by atomic mass is 32.2. The predicted molar refractivity (Wildman–Crippen MR) is 116 cm³/mol. The maximum Gasteiger partial charge on any atom is 0.228 e. The van der Waals surface area contributed by atoms with Gasteiger partial charge in [-0.3, -0.25) is 14.4 Å². The van der Waals surface area contributed by atoms with Gasteiger partial charge in [-0.15, -0.1) is 0 Å². The fraction of sp³-hybridized carbons (Fsp3) is 0.435. The number of methoxy groups -OCH3 is 2. The molecule has 0 atom stereocenters. The molecule has 0 spiro atoms. The van der Waals surface area contributed by atoms with Gasteiger partial charge in [-0.05, 0) is 24.5 Å². The minimum Gasteiger partial charge on any atom is -0.489 e. The molecular formula is C23H27NO5S. The van der Waals surface area contributed by atoms with E-state index in [1.807, 2.05) is 40.9 Å². The van der Waals surface area contributed by atoms with Gasteiger partial charge in [0.25, 0.3) is 0 Å². The van der Waals surface area contributed by atoms with Crippen molar-refractivity contribution in [3.63, 3.8) is 0 Å². The quantitative estimate of drug-likeness (QED) is 0.621. The number of aryl methyl sites for hydroxylation is 1. The summed E-state index contributed by atoms with van der Waals surface area (Å²) in [6, 6.07) is 7.84. The molecular weight excluding hydrogens is 402 g/mol. The van der Waals surface area contributed by atoms with Crippen molar-refractivity contribution < 1.29 is 23.9 Å². The minimum absolute atomic E-state index is 0.0453. The molecule has 0 saturated carbocycles. The lowest BCUT2D eigenvalue weighted by atomic mass is 9.88. The zero-order chi connectivity index (χ0) is 21.7. The minimum atomic E-state index is -0.324. The van der Waals surface area contributed by atoms with Crippen molar-refractivity contribution in [2.75, 3.05) is 38.8 Å². The van der Waals surface area contributed by atoms with Crippen LogP contribution in [0.2, 0.25) is 0 Å². The Kier molecular flexibility index (Phi) is 7.37. The number of carbonyl (C=O) groups is 3. The van der Waals surface area contributed by atoms with Gasteiger partial charge < -0.3 is 14.4 Å². The van der Waals surface area contributed by atoms with Crippen LogP contribution in [0.4, 0.5) is 0 Å². The Morgan fingerprint density at radius 1 is 0.967 bits per heavy atom. The molecule has 3 rings (SSSR count). The summed E-state index contributed by atoms with van der Waals surface area (Å²) in [7, 11) is 2.71. The molecule has 30 heavy (non-hydrogen) atoms. The third-order valence-corrected chi connectivity index (χ3v) is 6.43. The SMILES string of the molecule is COC1=C(OC)C(=O)C(Cc2ccc(CCC(=O)N3CCSCC3)cc2)=C(C)C1=O. The number of nitrogens with zero attached hydrogens (tertiary/aromatic N) is 1. The Labute approximate surface area is 181 Å². The highest BCUT2D eigenvalue weighted by Gasteiger charge is 2.34. The van der Waals surface area contributed by atoms with Crippen LogP contribution in [0.25, 0.3) is 0 Å². The smallest absolute Gasteiger partial charge is 0.228 e. The molecule has 2 aliphatic rings. The molecule has 1 saturated heterocycles. The monoisotopic (exact) mass is 429 g/mol. The number of hydrogen-bond acceptors (Lipinski definition) is 6. The summed E-state index contributed by atoms with van der Waals surface area (Å²) in [5.41, 5.74) is 2.80. The lowest BCUT2D eigenvalue weighted by Crippen LogP contribution is -2.37. The van der Waals surface area contributed by atoms with Crippen molar-refractivity contribution in [1.82, 2.24) is 4.90 Å². The van der Waals surface area contributed by atoms with Crippen LogP contribution in [-0.4, -0.2) is 61.2 Å². The van der Waals surface area contributed by atoms with Crippen molar-refractivity contribution in [3.05, 3.63) is 58.1 Å². The Morgan fingerprint density at radius 3 is 2.13 bits per heavy atom. The van der Waals surface area contributed by atoms with Crippen molar-refractivity contribution >= 4 is 29.2 Å².